The molecule has 0 amide bonds. The molecular formula is C23H19ClFN5O2S2. The van der Waals surface area contributed by atoms with Crippen LogP contribution >= 0.6 is 35.2 Å². The average molecular weight is 516 g/mol. The van der Waals surface area contributed by atoms with E-state index in [-0.39, 0.29) is 11.1 Å². The summed E-state index contributed by atoms with van der Waals surface area (Å²) in [7, 11) is 1.33. The number of nitrogens with zero attached hydrogens (tertiary/aromatic N) is 3. The second-order valence-electron chi connectivity index (χ2n) is 7.19. The van der Waals surface area contributed by atoms with Crippen LogP contribution in [0.3, 0.4) is 0 Å². The van der Waals surface area contributed by atoms with Crippen LogP contribution in [0.2, 0.25) is 5.02 Å². The van der Waals surface area contributed by atoms with E-state index in [0.717, 1.165) is 10.4 Å². The Morgan fingerprint density at radius 1 is 1.21 bits per heavy atom. The minimum Gasteiger partial charge on any atom is -0.465 e. The molecule has 0 radical (unpaired) electrons. The van der Waals surface area contributed by atoms with Gasteiger partial charge in [-0.25, -0.2) is 18.9 Å². The van der Waals surface area contributed by atoms with Crippen LogP contribution in [0.15, 0.2) is 60.9 Å². The van der Waals surface area contributed by atoms with Crippen molar-refractivity contribution >= 4 is 57.2 Å². The summed E-state index contributed by atoms with van der Waals surface area (Å²) in [6.45, 7) is 0.314. The Morgan fingerprint density at radius 2 is 2.00 bits per heavy atom. The summed E-state index contributed by atoms with van der Waals surface area (Å²) in [5.74, 6) is -0.603. The number of esters is 1. The number of carbonyl (C=O) groups is 1. The molecule has 4 aromatic rings. The largest absolute Gasteiger partial charge is 0.465 e. The molecule has 0 aliphatic carbocycles. The number of aromatic nitrogens is 3. The Hall–Kier alpha value is -3.34. The molecule has 0 unspecified atom stereocenters. The van der Waals surface area contributed by atoms with E-state index in [0.29, 0.717) is 34.1 Å². The number of benzene rings is 2. The highest BCUT2D eigenvalue weighted by atomic mass is 35.5. The molecule has 2 aromatic heterocycles. The summed E-state index contributed by atoms with van der Waals surface area (Å²) in [5, 5.41) is 11.3. The molecule has 0 saturated carbocycles. The van der Waals surface area contributed by atoms with Crippen LogP contribution in [-0.4, -0.2) is 33.0 Å². The highest BCUT2D eigenvalue weighted by Crippen LogP contribution is 2.30. The Kier molecular flexibility index (Phi) is 7.51. The molecule has 7 nitrogen and oxygen atoms in total. The molecule has 0 aliphatic rings. The number of ether oxygens (including phenoxy) is 1. The number of halogens is 2. The monoisotopic (exact) mass is 515 g/mol. The molecule has 0 saturated heterocycles. The van der Waals surface area contributed by atoms with Gasteiger partial charge in [0.05, 0.1) is 19.2 Å². The minimum absolute atomic E-state index is 0.218. The first-order valence-corrected chi connectivity index (χ1v) is 11.7. The van der Waals surface area contributed by atoms with Gasteiger partial charge in [0, 0.05) is 16.3 Å². The molecule has 4 rings (SSSR count). The fraction of sp³-hybridized carbons (Fsp3) is 0.130. The molecule has 11 heteroatoms. The van der Waals surface area contributed by atoms with E-state index in [1.54, 1.807) is 16.8 Å². The van der Waals surface area contributed by atoms with E-state index in [1.165, 1.54) is 36.9 Å². The van der Waals surface area contributed by atoms with Crippen molar-refractivity contribution in [2.45, 2.75) is 13.0 Å². The molecule has 0 atom stereocenters. The van der Waals surface area contributed by atoms with E-state index >= 15 is 0 Å². The Bertz CT molecular complexity index is 1330. The lowest BCUT2D eigenvalue weighted by molar-refractivity contribution is 0.0602. The van der Waals surface area contributed by atoms with Gasteiger partial charge >= 0.3 is 5.97 Å². The van der Waals surface area contributed by atoms with Crippen molar-refractivity contribution < 1.29 is 13.9 Å². The van der Waals surface area contributed by atoms with Gasteiger partial charge < -0.3 is 10.1 Å². The van der Waals surface area contributed by atoms with Crippen molar-refractivity contribution in [3.05, 3.63) is 93.3 Å². The van der Waals surface area contributed by atoms with E-state index in [2.05, 4.69) is 20.7 Å². The second kappa shape index (κ2) is 10.7. The lowest BCUT2D eigenvalue weighted by atomic mass is 10.1. The van der Waals surface area contributed by atoms with Gasteiger partial charge in [-0.05, 0) is 41.5 Å². The molecule has 0 bridgehead atoms. The van der Waals surface area contributed by atoms with Gasteiger partial charge in [-0.3, -0.25) is 5.32 Å². The third-order valence-corrected chi connectivity index (χ3v) is 6.35. The van der Waals surface area contributed by atoms with Crippen LogP contribution in [0.1, 0.15) is 26.4 Å². The predicted molar refractivity (Wildman–Crippen MR) is 135 cm³/mol. The maximum absolute atomic E-state index is 13.2. The van der Waals surface area contributed by atoms with Gasteiger partial charge in [-0.15, -0.1) is 16.4 Å². The second-order valence-corrected chi connectivity index (χ2v) is 9.14. The molecule has 2 N–H and O–H groups in total. The number of hydrogen-bond acceptors (Lipinski definition) is 6. The van der Waals surface area contributed by atoms with Crippen LogP contribution in [0.5, 0.6) is 0 Å². The summed E-state index contributed by atoms with van der Waals surface area (Å²) in [5.41, 5.74) is 2.22. The molecule has 2 aromatic carbocycles. The average Bonchev–Trinajstić information content (AvgIpc) is 3.42. The normalized spacial score (nSPS) is 10.7. The van der Waals surface area contributed by atoms with E-state index in [4.69, 9.17) is 28.6 Å². The molecule has 0 fully saturated rings. The van der Waals surface area contributed by atoms with Crippen LogP contribution in [0, 0.1) is 5.82 Å². The zero-order chi connectivity index (χ0) is 24.1. The smallest absolute Gasteiger partial charge is 0.340 e. The van der Waals surface area contributed by atoms with Crippen molar-refractivity contribution in [3.63, 3.8) is 0 Å². The minimum atomic E-state index is -0.459. The van der Waals surface area contributed by atoms with Crippen molar-refractivity contribution in [1.82, 2.24) is 14.8 Å². The summed E-state index contributed by atoms with van der Waals surface area (Å²) < 4.78 is 19.7. The van der Waals surface area contributed by atoms with Crippen LogP contribution in [-0.2, 0) is 17.7 Å². The maximum Gasteiger partial charge on any atom is 0.340 e. The standard InChI is InChI=1S/C23H19ClFN5O2S2/c1-32-21(31)18-11-17(9-14-5-3-2-4-6-14)34-20(18)27-23(33)28-22-26-13-30(29-22)12-15-7-8-16(25)10-19(15)24/h2-8,10-11,13H,9,12H2,1H3,(H2,27,28,29,33). The molecule has 174 valence electrons. The Balaban J connectivity index is 1.43. The number of nitrogens with one attached hydrogen (secondary N) is 2. The highest BCUT2D eigenvalue weighted by Gasteiger charge is 2.18. The topological polar surface area (TPSA) is 81.1 Å². The number of methoxy groups -OCH3 is 1. The summed E-state index contributed by atoms with van der Waals surface area (Å²) in [6, 6.07) is 15.9. The third-order valence-electron chi connectivity index (χ3n) is 4.75. The zero-order valence-electron chi connectivity index (χ0n) is 17.9. The summed E-state index contributed by atoms with van der Waals surface area (Å²) in [4.78, 5) is 17.4. The first-order chi connectivity index (χ1) is 16.4. The quantitative estimate of drug-likeness (QED) is 0.253. The molecule has 0 spiro atoms. The third kappa shape index (κ3) is 5.96. The number of hydrogen-bond donors (Lipinski definition) is 2. The van der Waals surface area contributed by atoms with E-state index in [9.17, 15) is 9.18 Å². The summed E-state index contributed by atoms with van der Waals surface area (Å²) in [6.07, 6.45) is 2.18. The fourth-order valence-corrected chi connectivity index (χ4v) is 4.74. The molecular weight excluding hydrogens is 497 g/mol. The predicted octanol–water partition coefficient (Wildman–Crippen LogP) is 5.37. The number of thiocarbonyl (C=S) groups is 1. The lowest BCUT2D eigenvalue weighted by Crippen LogP contribution is -2.20. The van der Waals surface area contributed by atoms with Crippen LogP contribution in [0.4, 0.5) is 15.3 Å². The molecule has 0 aliphatic heterocycles. The van der Waals surface area contributed by atoms with Crippen molar-refractivity contribution in [2.75, 3.05) is 17.7 Å². The number of rotatable bonds is 7. The van der Waals surface area contributed by atoms with E-state index in [1.807, 2.05) is 30.3 Å². The molecule has 34 heavy (non-hydrogen) atoms. The van der Waals surface area contributed by atoms with Gasteiger partial charge in [0.2, 0.25) is 5.95 Å². The first-order valence-electron chi connectivity index (χ1n) is 10.1. The number of carbonyl (C=O) groups excluding carboxylic acids is 1. The number of anilines is 2. The van der Waals surface area contributed by atoms with Gasteiger partial charge in [-0.2, -0.15) is 0 Å². The SMILES string of the molecule is COC(=O)c1cc(Cc2ccccc2)sc1NC(=S)Nc1ncn(Cc2ccc(F)cc2Cl)n1. The van der Waals surface area contributed by atoms with Crippen molar-refractivity contribution in [1.29, 1.82) is 0 Å². The number of thiophene rings is 1. The Morgan fingerprint density at radius 3 is 2.74 bits per heavy atom. The maximum atomic E-state index is 13.2. The Labute approximate surface area is 209 Å². The molecule has 2 heterocycles. The van der Waals surface area contributed by atoms with Crippen molar-refractivity contribution in [2.24, 2.45) is 0 Å². The van der Waals surface area contributed by atoms with Crippen LogP contribution < -0.4 is 10.6 Å². The first kappa shape index (κ1) is 23.8. The lowest BCUT2D eigenvalue weighted by Gasteiger charge is -2.08. The van der Waals surface area contributed by atoms with E-state index < -0.39 is 11.8 Å². The summed E-state index contributed by atoms with van der Waals surface area (Å²) >= 11 is 12.9. The zero-order valence-corrected chi connectivity index (χ0v) is 20.3. The van der Waals surface area contributed by atoms with Gasteiger partial charge in [0.1, 0.15) is 17.1 Å². The van der Waals surface area contributed by atoms with Crippen molar-refractivity contribution in [3.8, 4) is 0 Å². The highest BCUT2D eigenvalue weighted by molar-refractivity contribution is 7.80. The van der Waals surface area contributed by atoms with Crippen LogP contribution in [0.25, 0.3) is 0 Å². The fourth-order valence-electron chi connectivity index (χ4n) is 3.17. The van der Waals surface area contributed by atoms with Gasteiger partial charge in [0.15, 0.2) is 5.11 Å². The van der Waals surface area contributed by atoms with Gasteiger partial charge in [0.25, 0.3) is 0 Å². The van der Waals surface area contributed by atoms with Gasteiger partial charge in [-0.1, -0.05) is 48.0 Å².